The van der Waals surface area contributed by atoms with Crippen LogP contribution in [0, 0.1) is 5.92 Å². The Balaban J connectivity index is 1.96. The number of nitrogens with zero attached hydrogens (tertiary/aromatic N) is 2. The second kappa shape index (κ2) is 10.3. The van der Waals surface area contributed by atoms with Crippen LogP contribution in [0.1, 0.15) is 51.1 Å². The summed E-state index contributed by atoms with van der Waals surface area (Å²) in [6.07, 6.45) is 3.51. The average Bonchev–Trinajstić information content (AvgIpc) is 2.87. The lowest BCUT2D eigenvalue weighted by atomic mass is 9.97. The van der Waals surface area contributed by atoms with Crippen molar-refractivity contribution in [2.45, 2.75) is 51.6 Å². The third-order valence-corrected chi connectivity index (χ3v) is 5.20. The van der Waals surface area contributed by atoms with Gasteiger partial charge in [-0.1, -0.05) is 44.2 Å². The number of carboxylic acid groups (broad SMARTS) is 1. The highest BCUT2D eigenvalue weighted by atomic mass is 16.4. The van der Waals surface area contributed by atoms with Crippen molar-refractivity contribution in [3.63, 3.8) is 0 Å². The molecule has 1 saturated heterocycles. The van der Waals surface area contributed by atoms with Crippen molar-refractivity contribution in [2.24, 2.45) is 5.92 Å². The molecule has 1 aliphatic heterocycles. The molecule has 0 bridgehead atoms. The molecule has 2 atom stereocenters. The SMILES string of the molecule is CC(C)CC(NC(=O)N1CCCC(N(C)CC(=O)O)CC1)c1ccccc1. The van der Waals surface area contributed by atoms with Gasteiger partial charge in [0.15, 0.2) is 0 Å². The fourth-order valence-corrected chi connectivity index (χ4v) is 3.74. The summed E-state index contributed by atoms with van der Waals surface area (Å²) in [4.78, 5) is 27.6. The molecule has 2 amide bonds. The van der Waals surface area contributed by atoms with Crippen molar-refractivity contribution >= 4 is 12.0 Å². The number of likely N-dealkylation sites (tertiary alicyclic amines) is 1. The van der Waals surface area contributed by atoms with Gasteiger partial charge in [-0.2, -0.15) is 0 Å². The molecular weight excluding hydrogens is 342 g/mol. The highest BCUT2D eigenvalue weighted by Gasteiger charge is 2.25. The maximum Gasteiger partial charge on any atom is 0.317 e. The van der Waals surface area contributed by atoms with Crippen LogP contribution in [0.5, 0.6) is 0 Å². The fourth-order valence-electron chi connectivity index (χ4n) is 3.74. The molecule has 0 aromatic heterocycles. The summed E-state index contributed by atoms with van der Waals surface area (Å²) < 4.78 is 0. The van der Waals surface area contributed by atoms with E-state index in [1.807, 2.05) is 35.0 Å². The van der Waals surface area contributed by atoms with Gasteiger partial charge in [-0.05, 0) is 44.2 Å². The molecule has 1 heterocycles. The van der Waals surface area contributed by atoms with Crippen LogP contribution < -0.4 is 5.32 Å². The number of rotatable bonds is 7. The predicted molar refractivity (Wildman–Crippen MR) is 107 cm³/mol. The van der Waals surface area contributed by atoms with Crippen LogP contribution in [0.3, 0.4) is 0 Å². The zero-order valence-electron chi connectivity index (χ0n) is 16.7. The van der Waals surface area contributed by atoms with E-state index in [0.29, 0.717) is 19.0 Å². The summed E-state index contributed by atoms with van der Waals surface area (Å²) in [5.74, 6) is -0.329. The number of carboxylic acids is 1. The third kappa shape index (κ3) is 6.86. The Kier molecular flexibility index (Phi) is 8.10. The molecular formula is C21H33N3O3. The van der Waals surface area contributed by atoms with Crippen molar-refractivity contribution in [1.82, 2.24) is 15.1 Å². The van der Waals surface area contributed by atoms with Crippen LogP contribution in [0.2, 0.25) is 0 Å². The molecule has 150 valence electrons. The van der Waals surface area contributed by atoms with Crippen LogP contribution in [-0.4, -0.2) is 59.6 Å². The van der Waals surface area contributed by atoms with E-state index < -0.39 is 5.97 Å². The Labute approximate surface area is 162 Å². The quantitative estimate of drug-likeness (QED) is 0.766. The minimum atomic E-state index is -0.810. The van der Waals surface area contributed by atoms with Crippen molar-refractivity contribution < 1.29 is 14.7 Å². The van der Waals surface area contributed by atoms with Gasteiger partial charge in [0.2, 0.25) is 0 Å². The highest BCUT2D eigenvalue weighted by molar-refractivity contribution is 5.74. The Morgan fingerprint density at radius 2 is 1.93 bits per heavy atom. The lowest BCUT2D eigenvalue weighted by molar-refractivity contribution is -0.138. The number of aliphatic carboxylic acids is 1. The first kappa shape index (κ1) is 21.2. The molecule has 6 nitrogen and oxygen atoms in total. The molecule has 2 unspecified atom stereocenters. The molecule has 1 fully saturated rings. The molecule has 0 spiro atoms. The van der Waals surface area contributed by atoms with E-state index in [1.165, 1.54) is 0 Å². The Hall–Kier alpha value is -2.08. The molecule has 2 rings (SSSR count). The molecule has 0 saturated carbocycles. The van der Waals surface area contributed by atoms with Gasteiger partial charge in [0.1, 0.15) is 0 Å². The molecule has 6 heteroatoms. The molecule has 1 aromatic rings. The maximum absolute atomic E-state index is 12.9. The Bertz CT molecular complexity index is 606. The average molecular weight is 376 g/mol. The molecule has 1 aromatic carbocycles. The predicted octanol–water partition coefficient (Wildman–Crippen LogP) is 3.35. The largest absolute Gasteiger partial charge is 0.480 e. The van der Waals surface area contributed by atoms with Crippen LogP contribution in [0.25, 0.3) is 0 Å². The first-order valence-electron chi connectivity index (χ1n) is 9.89. The molecule has 2 N–H and O–H groups in total. The zero-order chi connectivity index (χ0) is 19.8. The van der Waals surface area contributed by atoms with Crippen molar-refractivity contribution in [3.8, 4) is 0 Å². The standard InChI is InChI=1S/C21H33N3O3/c1-16(2)14-19(17-8-5-4-6-9-17)22-21(27)24-12-7-10-18(11-13-24)23(3)15-20(25)26/h4-6,8-9,16,18-19H,7,10-15H2,1-3H3,(H,22,27)(H,25,26). The van der Waals surface area contributed by atoms with E-state index in [2.05, 4.69) is 31.3 Å². The van der Waals surface area contributed by atoms with Gasteiger partial charge in [0.25, 0.3) is 0 Å². The summed E-state index contributed by atoms with van der Waals surface area (Å²) in [7, 11) is 1.85. The number of likely N-dealkylation sites (N-methyl/N-ethyl adjacent to an activating group) is 1. The van der Waals surface area contributed by atoms with Gasteiger partial charge >= 0.3 is 12.0 Å². The second-order valence-corrected chi connectivity index (χ2v) is 7.92. The van der Waals surface area contributed by atoms with Crippen LogP contribution >= 0.6 is 0 Å². The van der Waals surface area contributed by atoms with E-state index >= 15 is 0 Å². The van der Waals surface area contributed by atoms with E-state index in [1.54, 1.807) is 0 Å². The molecule has 27 heavy (non-hydrogen) atoms. The monoisotopic (exact) mass is 375 g/mol. The van der Waals surface area contributed by atoms with Gasteiger partial charge in [-0.25, -0.2) is 4.79 Å². The lowest BCUT2D eigenvalue weighted by Gasteiger charge is -2.28. The summed E-state index contributed by atoms with van der Waals surface area (Å²) in [6, 6.07) is 10.3. The van der Waals surface area contributed by atoms with E-state index in [4.69, 9.17) is 5.11 Å². The van der Waals surface area contributed by atoms with Gasteiger partial charge in [-0.3, -0.25) is 9.69 Å². The van der Waals surface area contributed by atoms with Crippen molar-refractivity contribution in [3.05, 3.63) is 35.9 Å². The summed E-state index contributed by atoms with van der Waals surface area (Å²) in [5.41, 5.74) is 1.13. The first-order valence-corrected chi connectivity index (χ1v) is 9.89. The minimum Gasteiger partial charge on any atom is -0.480 e. The number of benzene rings is 1. The smallest absolute Gasteiger partial charge is 0.317 e. The lowest BCUT2D eigenvalue weighted by Crippen LogP contribution is -2.43. The molecule has 0 radical (unpaired) electrons. The summed E-state index contributed by atoms with van der Waals surface area (Å²) in [5, 5.41) is 12.2. The van der Waals surface area contributed by atoms with Crippen LogP contribution in [0.15, 0.2) is 30.3 Å². The van der Waals surface area contributed by atoms with Crippen LogP contribution in [0.4, 0.5) is 4.79 Å². The summed E-state index contributed by atoms with van der Waals surface area (Å²) >= 11 is 0. The molecule has 0 aliphatic carbocycles. The fraction of sp³-hybridized carbons (Fsp3) is 0.619. The van der Waals surface area contributed by atoms with Crippen LogP contribution in [-0.2, 0) is 4.79 Å². The van der Waals surface area contributed by atoms with Crippen molar-refractivity contribution in [2.75, 3.05) is 26.7 Å². The first-order chi connectivity index (χ1) is 12.9. The van der Waals surface area contributed by atoms with Crippen molar-refractivity contribution in [1.29, 1.82) is 0 Å². The Morgan fingerprint density at radius 1 is 1.22 bits per heavy atom. The van der Waals surface area contributed by atoms with E-state index in [9.17, 15) is 9.59 Å². The zero-order valence-corrected chi connectivity index (χ0v) is 16.7. The van der Waals surface area contributed by atoms with Gasteiger partial charge in [-0.15, -0.1) is 0 Å². The van der Waals surface area contributed by atoms with E-state index in [-0.39, 0.29) is 24.7 Å². The summed E-state index contributed by atoms with van der Waals surface area (Å²) in [6.45, 7) is 5.74. The maximum atomic E-state index is 12.9. The number of urea groups is 1. The molecule has 1 aliphatic rings. The second-order valence-electron chi connectivity index (χ2n) is 7.92. The normalized spacial score (nSPS) is 19.0. The van der Waals surface area contributed by atoms with Gasteiger partial charge in [0, 0.05) is 19.1 Å². The number of amides is 2. The topological polar surface area (TPSA) is 72.9 Å². The Morgan fingerprint density at radius 3 is 2.56 bits per heavy atom. The number of carbonyl (C=O) groups is 2. The number of nitrogens with one attached hydrogen (secondary N) is 1. The highest BCUT2D eigenvalue weighted by Crippen LogP contribution is 2.22. The minimum absolute atomic E-state index is 0.00688. The van der Waals surface area contributed by atoms with Gasteiger partial charge < -0.3 is 15.3 Å². The van der Waals surface area contributed by atoms with Gasteiger partial charge in [0.05, 0.1) is 12.6 Å². The number of hydrogen-bond donors (Lipinski definition) is 2. The number of hydrogen-bond acceptors (Lipinski definition) is 3. The third-order valence-electron chi connectivity index (χ3n) is 5.20. The number of carbonyl (C=O) groups excluding carboxylic acids is 1. The van der Waals surface area contributed by atoms with E-state index in [0.717, 1.165) is 31.2 Å².